The summed E-state index contributed by atoms with van der Waals surface area (Å²) in [5, 5.41) is 13.8. The number of rotatable bonds is 12. The number of pyridine rings is 1. The molecule has 0 saturated carbocycles. The number of ether oxygens (including phenoxy) is 1. The second kappa shape index (κ2) is 12.5. The normalized spacial score (nSPS) is 12.2. The molecule has 0 fully saturated rings. The van der Waals surface area contributed by atoms with E-state index in [0.29, 0.717) is 31.8 Å². The average molecular weight is 523 g/mol. The molecule has 0 aliphatic carbocycles. The Balaban J connectivity index is 1.47. The number of aromatic nitrogens is 5. The average Bonchev–Trinajstić information content (AvgIpc) is 3.42. The van der Waals surface area contributed by atoms with Gasteiger partial charge in [-0.25, -0.2) is 4.68 Å². The van der Waals surface area contributed by atoms with E-state index in [9.17, 15) is 4.79 Å². The molecule has 0 radical (unpaired) electrons. The van der Waals surface area contributed by atoms with E-state index in [1.807, 2.05) is 72.3 Å². The van der Waals surface area contributed by atoms with Gasteiger partial charge in [-0.05, 0) is 65.6 Å². The van der Waals surface area contributed by atoms with Crippen LogP contribution in [0, 0.1) is 0 Å². The molecule has 0 saturated heterocycles. The number of hydrogen-bond donors (Lipinski definition) is 1. The number of aryl methyl sites for hydroxylation is 2. The summed E-state index contributed by atoms with van der Waals surface area (Å²) in [4.78, 5) is 18.5. The number of fused-ring (bicyclic) bond motifs is 1. The van der Waals surface area contributed by atoms with Crippen LogP contribution in [-0.2, 0) is 26.1 Å². The number of benzene rings is 3. The van der Waals surface area contributed by atoms with Crippen LogP contribution >= 0.6 is 0 Å². The predicted molar refractivity (Wildman–Crippen MR) is 152 cm³/mol. The predicted octanol–water partition coefficient (Wildman–Crippen LogP) is 5.31. The lowest BCUT2D eigenvalue weighted by atomic mass is 10.1. The summed E-state index contributed by atoms with van der Waals surface area (Å²) in [6.45, 7) is 6.47. The first-order valence-electron chi connectivity index (χ1n) is 13.5. The van der Waals surface area contributed by atoms with E-state index in [4.69, 9.17) is 4.74 Å². The SMILES string of the molecule is CCOc1ccc2[nH]c(=O)c(CN(Cc3ccccc3)[C@H](CC)c3nnnn3CCc3ccccc3)cc2c1. The molecule has 0 spiro atoms. The van der Waals surface area contributed by atoms with Crippen LogP contribution < -0.4 is 10.3 Å². The molecule has 0 aliphatic rings. The fraction of sp³-hybridized carbons (Fsp3) is 0.290. The van der Waals surface area contributed by atoms with Gasteiger partial charge in [-0.15, -0.1) is 5.10 Å². The van der Waals surface area contributed by atoms with Gasteiger partial charge in [0.2, 0.25) is 0 Å². The Bertz CT molecular complexity index is 1550. The van der Waals surface area contributed by atoms with Gasteiger partial charge < -0.3 is 9.72 Å². The smallest absolute Gasteiger partial charge is 0.252 e. The van der Waals surface area contributed by atoms with Crippen LogP contribution in [0.15, 0.2) is 89.7 Å². The second-order valence-corrected chi connectivity index (χ2v) is 9.62. The topological polar surface area (TPSA) is 88.9 Å². The van der Waals surface area contributed by atoms with Gasteiger partial charge in [0, 0.05) is 36.1 Å². The zero-order valence-electron chi connectivity index (χ0n) is 22.5. The van der Waals surface area contributed by atoms with Crippen molar-refractivity contribution in [1.29, 1.82) is 0 Å². The molecule has 0 bridgehead atoms. The summed E-state index contributed by atoms with van der Waals surface area (Å²) < 4.78 is 7.59. The third kappa shape index (κ3) is 6.41. The van der Waals surface area contributed by atoms with Crippen molar-refractivity contribution in [1.82, 2.24) is 30.1 Å². The zero-order chi connectivity index (χ0) is 27.0. The van der Waals surface area contributed by atoms with Gasteiger partial charge in [0.15, 0.2) is 5.82 Å². The van der Waals surface area contributed by atoms with Crippen molar-refractivity contribution in [3.05, 3.63) is 118 Å². The van der Waals surface area contributed by atoms with Crippen LogP contribution in [0.5, 0.6) is 5.75 Å². The van der Waals surface area contributed by atoms with Crippen molar-refractivity contribution in [3.8, 4) is 5.75 Å². The van der Waals surface area contributed by atoms with E-state index >= 15 is 0 Å². The van der Waals surface area contributed by atoms with Crippen LogP contribution in [0.4, 0.5) is 0 Å². The Morgan fingerprint density at radius 2 is 1.67 bits per heavy atom. The summed E-state index contributed by atoms with van der Waals surface area (Å²) in [5.74, 6) is 1.59. The second-order valence-electron chi connectivity index (χ2n) is 9.62. The van der Waals surface area contributed by atoms with Gasteiger partial charge in [-0.1, -0.05) is 67.6 Å². The third-order valence-corrected chi connectivity index (χ3v) is 6.95. The standard InChI is InChI=1S/C31H34N6O2/c1-3-29(30-33-34-35-37(30)18-17-23-11-7-5-8-12-23)36(21-24-13-9-6-10-14-24)22-26-19-25-20-27(39-4-2)15-16-28(25)32-31(26)38/h5-16,19-20,29H,3-4,17-18,21-22H2,1-2H3,(H,32,38)/t29-/m1/s1. The minimum atomic E-state index is -0.0942. The maximum Gasteiger partial charge on any atom is 0.252 e. The minimum Gasteiger partial charge on any atom is -0.494 e. The molecular formula is C31H34N6O2. The molecule has 8 nitrogen and oxygen atoms in total. The number of tetrazole rings is 1. The lowest BCUT2D eigenvalue weighted by Crippen LogP contribution is -2.32. The highest BCUT2D eigenvalue weighted by molar-refractivity contribution is 5.80. The molecule has 39 heavy (non-hydrogen) atoms. The number of nitrogens with one attached hydrogen (secondary N) is 1. The maximum atomic E-state index is 13.2. The highest BCUT2D eigenvalue weighted by atomic mass is 16.5. The van der Waals surface area contributed by atoms with E-state index in [1.165, 1.54) is 5.56 Å². The molecule has 0 unspecified atom stereocenters. The molecule has 1 N–H and O–H groups in total. The molecule has 2 heterocycles. The summed E-state index contributed by atoms with van der Waals surface area (Å²) in [7, 11) is 0. The van der Waals surface area contributed by atoms with Crippen LogP contribution in [0.3, 0.4) is 0 Å². The van der Waals surface area contributed by atoms with Gasteiger partial charge in [-0.2, -0.15) is 0 Å². The number of nitrogens with zero attached hydrogens (tertiary/aromatic N) is 5. The Morgan fingerprint density at radius 1 is 0.923 bits per heavy atom. The number of hydrogen-bond acceptors (Lipinski definition) is 6. The molecule has 5 aromatic rings. The van der Waals surface area contributed by atoms with E-state index in [2.05, 4.69) is 56.6 Å². The van der Waals surface area contributed by atoms with Crippen molar-refractivity contribution >= 4 is 10.9 Å². The molecular weight excluding hydrogens is 488 g/mol. The van der Waals surface area contributed by atoms with Crippen molar-refractivity contribution in [3.63, 3.8) is 0 Å². The Kier molecular flexibility index (Phi) is 8.43. The third-order valence-electron chi connectivity index (χ3n) is 6.95. The van der Waals surface area contributed by atoms with Crippen LogP contribution in [0.1, 0.15) is 48.8 Å². The van der Waals surface area contributed by atoms with E-state index < -0.39 is 0 Å². The largest absolute Gasteiger partial charge is 0.494 e. The van der Waals surface area contributed by atoms with Crippen molar-refractivity contribution < 1.29 is 4.74 Å². The molecule has 5 rings (SSSR count). The lowest BCUT2D eigenvalue weighted by Gasteiger charge is -2.30. The van der Waals surface area contributed by atoms with Gasteiger partial charge in [0.25, 0.3) is 5.56 Å². The van der Waals surface area contributed by atoms with Crippen molar-refractivity contribution in [2.45, 2.75) is 52.4 Å². The summed E-state index contributed by atoms with van der Waals surface area (Å²) >= 11 is 0. The first-order chi connectivity index (χ1) is 19.1. The van der Waals surface area contributed by atoms with Crippen LogP contribution in [-0.4, -0.2) is 36.7 Å². The Morgan fingerprint density at radius 3 is 2.38 bits per heavy atom. The molecule has 0 aliphatic heterocycles. The number of aromatic amines is 1. The molecule has 1 atom stereocenters. The monoisotopic (exact) mass is 522 g/mol. The van der Waals surface area contributed by atoms with Crippen molar-refractivity contribution in [2.75, 3.05) is 6.61 Å². The maximum absolute atomic E-state index is 13.2. The fourth-order valence-corrected chi connectivity index (χ4v) is 5.01. The fourth-order valence-electron chi connectivity index (χ4n) is 5.01. The molecule has 200 valence electrons. The molecule has 2 aromatic heterocycles. The summed E-state index contributed by atoms with van der Waals surface area (Å²) in [5.41, 5.74) is 3.79. The Hall–Kier alpha value is -4.30. The molecule has 0 amide bonds. The van der Waals surface area contributed by atoms with Gasteiger partial charge in [-0.3, -0.25) is 9.69 Å². The van der Waals surface area contributed by atoms with E-state index in [0.717, 1.165) is 40.9 Å². The Labute approximate surface area is 228 Å². The van der Waals surface area contributed by atoms with Crippen molar-refractivity contribution in [2.24, 2.45) is 0 Å². The van der Waals surface area contributed by atoms with E-state index in [1.54, 1.807) is 0 Å². The van der Waals surface area contributed by atoms with Crippen LogP contribution in [0.25, 0.3) is 10.9 Å². The molecule has 8 heteroatoms. The highest BCUT2D eigenvalue weighted by Gasteiger charge is 2.26. The van der Waals surface area contributed by atoms with Crippen LogP contribution in [0.2, 0.25) is 0 Å². The lowest BCUT2D eigenvalue weighted by molar-refractivity contribution is 0.160. The van der Waals surface area contributed by atoms with Gasteiger partial charge >= 0.3 is 0 Å². The number of H-pyrrole nitrogens is 1. The minimum absolute atomic E-state index is 0.0826. The molecule has 3 aromatic carbocycles. The summed E-state index contributed by atoms with van der Waals surface area (Å²) in [6, 6.07) is 28.3. The zero-order valence-corrected chi connectivity index (χ0v) is 22.5. The van der Waals surface area contributed by atoms with E-state index in [-0.39, 0.29) is 11.6 Å². The summed E-state index contributed by atoms with van der Waals surface area (Å²) in [6.07, 6.45) is 1.62. The first-order valence-corrected chi connectivity index (χ1v) is 13.5. The quantitative estimate of drug-likeness (QED) is 0.239. The highest BCUT2D eigenvalue weighted by Crippen LogP contribution is 2.27. The van der Waals surface area contributed by atoms with Gasteiger partial charge in [0.05, 0.1) is 12.6 Å². The van der Waals surface area contributed by atoms with Gasteiger partial charge in [0.1, 0.15) is 5.75 Å². The first kappa shape index (κ1) is 26.3.